The summed E-state index contributed by atoms with van der Waals surface area (Å²) in [5, 5.41) is 0. The first kappa shape index (κ1) is 14.8. The van der Waals surface area contributed by atoms with E-state index in [-0.39, 0.29) is 18.9 Å². The minimum atomic E-state index is 0. The van der Waals surface area contributed by atoms with Crippen LogP contribution in [0.15, 0.2) is 12.2 Å². The van der Waals surface area contributed by atoms with Crippen LogP contribution in [-0.4, -0.2) is 43.4 Å². The van der Waals surface area contributed by atoms with Crippen molar-refractivity contribution in [3.63, 3.8) is 0 Å². The van der Waals surface area contributed by atoms with Crippen LogP contribution in [-0.2, 0) is 0 Å². The first-order chi connectivity index (χ1) is 5.35. The molecule has 0 bridgehead atoms. The normalized spacial score (nSPS) is 10.7. The second-order valence-electron chi connectivity index (χ2n) is 2.77. The first-order valence-corrected chi connectivity index (χ1v) is 4.51. The minimum absolute atomic E-state index is 0. The Morgan fingerprint density at radius 3 is 2.00 bits per heavy atom. The summed E-state index contributed by atoms with van der Waals surface area (Å²) in [6, 6.07) is 0. The fourth-order valence-electron chi connectivity index (χ4n) is 1.15. The van der Waals surface area contributed by atoms with E-state index >= 15 is 0 Å². The molecule has 0 aliphatic rings. The van der Waals surface area contributed by atoms with E-state index in [2.05, 4.69) is 31.7 Å². The van der Waals surface area contributed by atoms with Crippen LogP contribution < -0.4 is 0 Å². The van der Waals surface area contributed by atoms with E-state index in [0.717, 1.165) is 6.54 Å². The van der Waals surface area contributed by atoms with Gasteiger partial charge in [-0.3, -0.25) is 4.90 Å². The summed E-state index contributed by atoms with van der Waals surface area (Å²) < 4.78 is 0. The van der Waals surface area contributed by atoms with Gasteiger partial charge >= 0.3 is 18.9 Å². The van der Waals surface area contributed by atoms with Crippen molar-refractivity contribution in [1.29, 1.82) is 0 Å². The van der Waals surface area contributed by atoms with Crippen LogP contribution in [0.25, 0.3) is 0 Å². The molecule has 0 fully saturated rings. The van der Waals surface area contributed by atoms with Gasteiger partial charge < -0.3 is 0 Å². The Morgan fingerprint density at radius 2 is 1.67 bits per heavy atom. The second kappa shape index (κ2) is 11.3. The number of nitrogens with zero attached hydrogens (tertiary/aromatic N) is 1. The van der Waals surface area contributed by atoms with Crippen molar-refractivity contribution in [3.05, 3.63) is 19.1 Å². The molecule has 0 atom stereocenters. The van der Waals surface area contributed by atoms with Crippen molar-refractivity contribution in [2.75, 3.05) is 19.6 Å². The third-order valence-corrected chi connectivity index (χ3v) is 1.61. The molecule has 2 heteroatoms. The molecule has 0 aliphatic carbocycles. The van der Waals surface area contributed by atoms with Crippen LogP contribution in [0.2, 0.25) is 0 Å². The van der Waals surface area contributed by atoms with Crippen LogP contribution in [0.3, 0.4) is 0 Å². The zero-order valence-electron chi connectivity index (χ0n) is 7.84. The third-order valence-electron chi connectivity index (χ3n) is 1.61. The van der Waals surface area contributed by atoms with Crippen LogP contribution >= 0.6 is 0 Å². The summed E-state index contributed by atoms with van der Waals surface area (Å²) in [5.74, 6) is 0. The molecular weight excluding hydrogens is 141 g/mol. The second-order valence-corrected chi connectivity index (χ2v) is 2.77. The number of hydrogen-bond acceptors (Lipinski definition) is 1. The van der Waals surface area contributed by atoms with Gasteiger partial charge in [0.05, 0.1) is 0 Å². The predicted octanol–water partition coefficient (Wildman–Crippen LogP) is 1.85. The molecule has 0 aliphatic heterocycles. The molecule has 12 heavy (non-hydrogen) atoms. The standard InChI is InChI=1S/C10H20N.Li.H/c1-4-7-10-11(8-5-2)9-6-3;;/h4,7H,1,5-6,8-10H2,2-3H3;;. The Kier molecular flexibility index (Phi) is 13.9. The quantitative estimate of drug-likeness (QED) is 0.539. The maximum absolute atomic E-state index is 3.67. The molecule has 0 rings (SSSR count). The fourth-order valence-corrected chi connectivity index (χ4v) is 1.15. The van der Waals surface area contributed by atoms with Crippen molar-refractivity contribution >= 4 is 18.9 Å². The average Bonchev–Trinajstić information content (AvgIpc) is 2.01. The van der Waals surface area contributed by atoms with Crippen molar-refractivity contribution in [3.8, 4) is 0 Å². The molecule has 0 heterocycles. The van der Waals surface area contributed by atoms with Gasteiger partial charge in [-0.15, -0.1) is 0 Å². The molecule has 0 spiro atoms. The summed E-state index contributed by atoms with van der Waals surface area (Å²) in [6.07, 6.45) is 6.47. The molecule has 0 aromatic rings. The van der Waals surface area contributed by atoms with Crippen LogP contribution in [0.1, 0.15) is 26.7 Å². The van der Waals surface area contributed by atoms with Gasteiger partial charge in [-0.1, -0.05) is 26.0 Å². The molecule has 0 amide bonds. The van der Waals surface area contributed by atoms with Gasteiger partial charge in [-0.25, -0.2) is 0 Å². The Hall–Kier alpha value is 0.297. The Morgan fingerprint density at radius 1 is 1.17 bits per heavy atom. The van der Waals surface area contributed by atoms with E-state index in [1.807, 2.05) is 6.08 Å². The number of rotatable bonds is 6. The van der Waals surface area contributed by atoms with Crippen molar-refractivity contribution in [2.24, 2.45) is 0 Å². The van der Waals surface area contributed by atoms with Crippen LogP contribution in [0.4, 0.5) is 0 Å². The SMILES string of the molecule is [CH2]C=CCN(CCC)CCC.[LiH]. The maximum atomic E-state index is 3.67. The number of hydrogen-bond donors (Lipinski definition) is 0. The van der Waals surface area contributed by atoms with E-state index in [0.29, 0.717) is 0 Å². The zero-order chi connectivity index (χ0) is 8.53. The number of allylic oxidation sites excluding steroid dienone is 1. The van der Waals surface area contributed by atoms with Gasteiger partial charge in [0.25, 0.3) is 0 Å². The van der Waals surface area contributed by atoms with Crippen molar-refractivity contribution in [2.45, 2.75) is 26.7 Å². The Bertz CT molecular complexity index is 96.0. The van der Waals surface area contributed by atoms with Gasteiger partial charge in [-0.2, -0.15) is 0 Å². The third kappa shape index (κ3) is 8.39. The monoisotopic (exact) mass is 162 g/mol. The molecule has 1 radical (unpaired) electrons. The molecule has 0 saturated heterocycles. The molecule has 0 saturated carbocycles. The molecular formula is C10H21LiN. The van der Waals surface area contributed by atoms with Gasteiger partial charge in [0.1, 0.15) is 0 Å². The Balaban J connectivity index is 0. The van der Waals surface area contributed by atoms with Gasteiger partial charge in [0, 0.05) is 6.54 Å². The summed E-state index contributed by atoms with van der Waals surface area (Å²) in [7, 11) is 0. The van der Waals surface area contributed by atoms with Gasteiger partial charge in [0.15, 0.2) is 0 Å². The average molecular weight is 162 g/mol. The summed E-state index contributed by atoms with van der Waals surface area (Å²) in [6.45, 7) is 11.6. The van der Waals surface area contributed by atoms with Gasteiger partial charge in [-0.05, 0) is 32.9 Å². The summed E-state index contributed by atoms with van der Waals surface area (Å²) >= 11 is 0. The fraction of sp³-hybridized carbons (Fsp3) is 0.700. The molecule has 0 aromatic heterocycles. The molecule has 67 valence electrons. The van der Waals surface area contributed by atoms with E-state index in [9.17, 15) is 0 Å². The molecule has 1 nitrogen and oxygen atoms in total. The van der Waals surface area contributed by atoms with Crippen molar-refractivity contribution in [1.82, 2.24) is 4.90 Å². The zero-order valence-corrected chi connectivity index (χ0v) is 7.84. The molecule has 0 aromatic carbocycles. The molecule has 0 N–H and O–H groups in total. The molecule has 0 unspecified atom stereocenters. The van der Waals surface area contributed by atoms with E-state index in [1.54, 1.807) is 0 Å². The van der Waals surface area contributed by atoms with E-state index in [1.165, 1.54) is 25.9 Å². The predicted molar refractivity (Wildman–Crippen MR) is 58.7 cm³/mol. The summed E-state index contributed by atoms with van der Waals surface area (Å²) in [5.41, 5.74) is 0. The van der Waals surface area contributed by atoms with Crippen LogP contribution in [0.5, 0.6) is 0 Å². The topological polar surface area (TPSA) is 3.24 Å². The van der Waals surface area contributed by atoms with Crippen molar-refractivity contribution < 1.29 is 0 Å². The van der Waals surface area contributed by atoms with E-state index < -0.39 is 0 Å². The summed E-state index contributed by atoms with van der Waals surface area (Å²) in [4.78, 5) is 2.45. The Labute approximate surface area is 89.4 Å². The van der Waals surface area contributed by atoms with E-state index in [4.69, 9.17) is 0 Å². The first-order valence-electron chi connectivity index (χ1n) is 4.51. The van der Waals surface area contributed by atoms with Gasteiger partial charge in [0.2, 0.25) is 0 Å². The van der Waals surface area contributed by atoms with Crippen LogP contribution in [0, 0.1) is 6.92 Å².